The maximum Gasteiger partial charge on any atom is 0.234 e. The van der Waals surface area contributed by atoms with Gasteiger partial charge in [0, 0.05) is 33.1 Å². The lowest BCUT2D eigenvalue weighted by molar-refractivity contribution is -0.113. The molecule has 3 aromatic rings. The fourth-order valence-electron chi connectivity index (χ4n) is 2.64. The minimum atomic E-state index is -0.0960. The van der Waals surface area contributed by atoms with Crippen molar-refractivity contribution in [2.24, 2.45) is 0 Å². The van der Waals surface area contributed by atoms with Gasteiger partial charge in [-0.3, -0.25) is 4.79 Å². The molecule has 0 aliphatic rings. The normalized spacial score (nSPS) is 11.0. The second-order valence-electron chi connectivity index (χ2n) is 5.95. The van der Waals surface area contributed by atoms with E-state index in [9.17, 15) is 4.79 Å². The number of benzene rings is 1. The number of carbonyl (C=O) groups excluding carboxylic acids is 1. The van der Waals surface area contributed by atoms with Crippen molar-refractivity contribution in [3.05, 3.63) is 45.1 Å². The summed E-state index contributed by atoms with van der Waals surface area (Å²) in [5.41, 5.74) is 2.67. The van der Waals surface area contributed by atoms with Crippen molar-refractivity contribution in [3.8, 4) is 11.4 Å². The number of amides is 1. The smallest absolute Gasteiger partial charge is 0.234 e. The van der Waals surface area contributed by atoms with Crippen LogP contribution in [0, 0.1) is 6.92 Å². The Morgan fingerprint density at radius 2 is 2.15 bits per heavy atom. The van der Waals surface area contributed by atoms with E-state index in [1.54, 1.807) is 17.4 Å². The van der Waals surface area contributed by atoms with E-state index in [1.807, 2.05) is 23.6 Å². The number of aromatic nitrogens is 3. The van der Waals surface area contributed by atoms with Crippen molar-refractivity contribution in [2.45, 2.75) is 38.9 Å². The van der Waals surface area contributed by atoms with Crippen LogP contribution < -0.4 is 5.32 Å². The molecular formula is C19H21ClN4OS2. The highest BCUT2D eigenvalue weighted by Gasteiger charge is 2.16. The maximum atomic E-state index is 12.3. The Bertz CT molecular complexity index is 951. The lowest BCUT2D eigenvalue weighted by Crippen LogP contribution is -2.15. The van der Waals surface area contributed by atoms with Crippen LogP contribution in [0.25, 0.3) is 11.4 Å². The van der Waals surface area contributed by atoms with E-state index in [0.717, 1.165) is 40.8 Å². The van der Waals surface area contributed by atoms with Gasteiger partial charge in [0.05, 0.1) is 5.75 Å². The van der Waals surface area contributed by atoms with Gasteiger partial charge in [-0.25, -0.2) is 0 Å². The summed E-state index contributed by atoms with van der Waals surface area (Å²) in [6, 6.07) is 7.63. The van der Waals surface area contributed by atoms with E-state index in [0.29, 0.717) is 5.02 Å². The van der Waals surface area contributed by atoms with Crippen molar-refractivity contribution < 1.29 is 4.79 Å². The molecule has 0 atom stereocenters. The summed E-state index contributed by atoms with van der Waals surface area (Å²) in [5, 5.41) is 15.0. The van der Waals surface area contributed by atoms with Crippen molar-refractivity contribution >= 4 is 46.3 Å². The van der Waals surface area contributed by atoms with Crippen LogP contribution in [0.4, 0.5) is 5.69 Å². The van der Waals surface area contributed by atoms with Gasteiger partial charge in [0.2, 0.25) is 5.91 Å². The zero-order chi connectivity index (χ0) is 19.4. The molecule has 0 aliphatic carbocycles. The number of halogens is 1. The third kappa shape index (κ3) is 4.54. The molecule has 0 radical (unpaired) electrons. The molecule has 0 saturated carbocycles. The summed E-state index contributed by atoms with van der Waals surface area (Å²) < 4.78 is 2.05. The van der Waals surface area contributed by atoms with Gasteiger partial charge in [0.1, 0.15) is 0 Å². The zero-order valence-corrected chi connectivity index (χ0v) is 17.8. The number of thiophene rings is 1. The van der Waals surface area contributed by atoms with Crippen molar-refractivity contribution in [3.63, 3.8) is 0 Å². The number of nitrogens with zero attached hydrogens (tertiary/aromatic N) is 3. The first-order valence-electron chi connectivity index (χ1n) is 8.72. The number of anilines is 1. The molecule has 2 heterocycles. The molecule has 2 aromatic heterocycles. The van der Waals surface area contributed by atoms with Crippen LogP contribution in [0.2, 0.25) is 5.02 Å². The number of hydrogen-bond acceptors (Lipinski definition) is 5. The predicted octanol–water partition coefficient (Wildman–Crippen LogP) is 5.28. The molecule has 0 unspecified atom stereocenters. The van der Waals surface area contributed by atoms with Gasteiger partial charge in [-0.2, -0.15) is 0 Å². The monoisotopic (exact) mass is 420 g/mol. The van der Waals surface area contributed by atoms with Gasteiger partial charge in [-0.1, -0.05) is 36.4 Å². The van der Waals surface area contributed by atoms with Gasteiger partial charge in [-0.05, 0) is 44.0 Å². The number of thioether (sulfide) groups is 1. The van der Waals surface area contributed by atoms with E-state index in [-0.39, 0.29) is 11.7 Å². The molecule has 1 N–H and O–H groups in total. The average Bonchev–Trinajstić information content (AvgIpc) is 3.29. The summed E-state index contributed by atoms with van der Waals surface area (Å²) in [7, 11) is 0. The minimum absolute atomic E-state index is 0.0960. The molecular weight excluding hydrogens is 400 g/mol. The van der Waals surface area contributed by atoms with E-state index >= 15 is 0 Å². The Balaban J connectivity index is 1.69. The van der Waals surface area contributed by atoms with Crippen LogP contribution in [0.15, 0.2) is 34.8 Å². The molecule has 0 aliphatic heterocycles. The number of aryl methyl sites for hydroxylation is 1. The summed E-state index contributed by atoms with van der Waals surface area (Å²) in [5.74, 6) is 1.01. The second-order valence-corrected chi connectivity index (χ2v) is 8.30. The first-order valence-corrected chi connectivity index (χ1v) is 11.0. The lowest BCUT2D eigenvalue weighted by Gasteiger charge is -2.09. The molecule has 1 aromatic carbocycles. The second kappa shape index (κ2) is 8.91. The Labute approximate surface area is 172 Å². The highest BCUT2D eigenvalue weighted by atomic mass is 35.5. The third-order valence-corrected chi connectivity index (χ3v) is 6.62. The Hall–Kier alpha value is -1.83. The van der Waals surface area contributed by atoms with Gasteiger partial charge in [0.15, 0.2) is 11.0 Å². The van der Waals surface area contributed by atoms with Crippen molar-refractivity contribution in [1.82, 2.24) is 14.8 Å². The van der Waals surface area contributed by atoms with E-state index in [4.69, 9.17) is 11.6 Å². The number of hydrogen-bond donors (Lipinski definition) is 1. The Morgan fingerprint density at radius 1 is 1.33 bits per heavy atom. The van der Waals surface area contributed by atoms with E-state index < -0.39 is 0 Å². The summed E-state index contributed by atoms with van der Waals surface area (Å²) in [6.07, 6.45) is 1.01. The van der Waals surface area contributed by atoms with Crippen LogP contribution >= 0.6 is 34.7 Å². The summed E-state index contributed by atoms with van der Waals surface area (Å²) in [6.45, 7) is 6.83. The Kier molecular flexibility index (Phi) is 6.57. The van der Waals surface area contributed by atoms with E-state index in [1.165, 1.54) is 16.6 Å². The zero-order valence-electron chi connectivity index (χ0n) is 15.5. The first-order chi connectivity index (χ1) is 13.0. The number of rotatable bonds is 7. The topological polar surface area (TPSA) is 59.8 Å². The quantitative estimate of drug-likeness (QED) is 0.528. The molecule has 0 spiro atoms. The average molecular weight is 421 g/mol. The highest BCUT2D eigenvalue weighted by Crippen LogP contribution is 2.28. The summed E-state index contributed by atoms with van der Waals surface area (Å²) >= 11 is 9.22. The molecule has 142 valence electrons. The van der Waals surface area contributed by atoms with Crippen LogP contribution in [-0.4, -0.2) is 26.4 Å². The number of carbonyl (C=O) groups is 1. The fourth-order valence-corrected chi connectivity index (χ4v) is 4.43. The van der Waals surface area contributed by atoms with Crippen molar-refractivity contribution in [2.75, 3.05) is 11.1 Å². The highest BCUT2D eigenvalue weighted by molar-refractivity contribution is 7.99. The van der Waals surface area contributed by atoms with Crippen LogP contribution in [0.5, 0.6) is 0 Å². The van der Waals surface area contributed by atoms with Crippen LogP contribution in [-0.2, 0) is 17.8 Å². The van der Waals surface area contributed by atoms with Gasteiger partial charge >= 0.3 is 0 Å². The van der Waals surface area contributed by atoms with Crippen LogP contribution in [0.1, 0.15) is 24.3 Å². The molecule has 27 heavy (non-hydrogen) atoms. The maximum absolute atomic E-state index is 12.3. The Morgan fingerprint density at radius 3 is 2.85 bits per heavy atom. The lowest BCUT2D eigenvalue weighted by atomic mass is 10.2. The van der Waals surface area contributed by atoms with Gasteiger partial charge in [-0.15, -0.1) is 21.5 Å². The van der Waals surface area contributed by atoms with Gasteiger partial charge in [0.25, 0.3) is 0 Å². The molecule has 0 saturated heterocycles. The third-order valence-electron chi connectivity index (χ3n) is 4.17. The molecule has 5 nitrogen and oxygen atoms in total. The van der Waals surface area contributed by atoms with Crippen LogP contribution in [0.3, 0.4) is 0 Å². The summed E-state index contributed by atoms with van der Waals surface area (Å²) in [4.78, 5) is 13.7. The molecule has 1 amide bonds. The standard InChI is InChI=1S/C19H21ClN4OS2/c1-4-14-9-13(10-26-14)18-22-23-19(24(18)5-2)27-11-17(25)21-16-8-6-7-15(20)12(16)3/h6-10H,4-5,11H2,1-3H3,(H,21,25). The number of nitrogens with one attached hydrogen (secondary N) is 1. The van der Waals surface area contributed by atoms with E-state index in [2.05, 4.69) is 40.8 Å². The minimum Gasteiger partial charge on any atom is -0.325 e. The predicted molar refractivity (Wildman–Crippen MR) is 114 cm³/mol. The molecule has 0 fully saturated rings. The largest absolute Gasteiger partial charge is 0.325 e. The fraction of sp³-hybridized carbons (Fsp3) is 0.316. The first kappa shape index (κ1) is 19.9. The molecule has 3 rings (SSSR count). The van der Waals surface area contributed by atoms with Crippen molar-refractivity contribution in [1.29, 1.82) is 0 Å². The SMILES string of the molecule is CCc1cc(-c2nnc(SCC(=O)Nc3cccc(Cl)c3C)n2CC)cs1. The molecule has 0 bridgehead atoms. The van der Waals surface area contributed by atoms with Gasteiger partial charge < -0.3 is 9.88 Å². The molecule has 8 heteroatoms.